The van der Waals surface area contributed by atoms with E-state index in [-0.39, 0.29) is 18.0 Å². The van der Waals surface area contributed by atoms with Crippen LogP contribution in [0, 0.1) is 5.92 Å². The molecule has 0 atom stereocenters. The second-order valence-electron chi connectivity index (χ2n) is 3.86. The number of carbonyl (C=O) groups is 1. The lowest BCUT2D eigenvalue weighted by molar-refractivity contribution is -0.154. The molecule has 0 heterocycles. The largest absolute Gasteiger partial charge is 0.462 e. The summed E-state index contributed by atoms with van der Waals surface area (Å²) in [6.07, 6.45) is 6.64. The highest BCUT2D eigenvalue weighted by molar-refractivity contribution is 5.72. The lowest BCUT2D eigenvalue weighted by atomic mass is 10.0. The van der Waals surface area contributed by atoms with Crippen molar-refractivity contribution in [3.8, 4) is 0 Å². The summed E-state index contributed by atoms with van der Waals surface area (Å²) in [6.45, 7) is 4.09. The molecule has 0 aromatic heterocycles. The van der Waals surface area contributed by atoms with Crippen LogP contribution in [-0.4, -0.2) is 12.1 Å². The van der Waals surface area contributed by atoms with E-state index >= 15 is 0 Å². The molecule has 13 heavy (non-hydrogen) atoms. The molecule has 0 unspecified atom stereocenters. The number of ether oxygens (including phenoxy) is 1. The average Bonchev–Trinajstić information content (AvgIpc) is 2.59. The van der Waals surface area contributed by atoms with Gasteiger partial charge >= 0.3 is 5.97 Å². The highest BCUT2D eigenvalue weighted by Crippen LogP contribution is 2.23. The molecule has 0 aromatic rings. The minimum absolute atomic E-state index is 0.0249. The summed E-state index contributed by atoms with van der Waals surface area (Å²) in [7, 11) is 0. The maximum atomic E-state index is 11.5. The van der Waals surface area contributed by atoms with Crippen molar-refractivity contribution in [2.24, 2.45) is 5.92 Å². The van der Waals surface area contributed by atoms with Crippen molar-refractivity contribution in [1.82, 2.24) is 0 Å². The zero-order valence-electron chi connectivity index (χ0n) is 8.71. The fourth-order valence-electron chi connectivity index (χ4n) is 1.89. The maximum absolute atomic E-state index is 11.5. The van der Waals surface area contributed by atoms with Gasteiger partial charge in [-0.1, -0.05) is 13.8 Å². The molecule has 1 rings (SSSR count). The van der Waals surface area contributed by atoms with Gasteiger partial charge in [0.25, 0.3) is 0 Å². The third-order valence-electron chi connectivity index (χ3n) is 2.90. The number of carbonyl (C=O) groups excluding carboxylic acids is 1. The minimum Gasteiger partial charge on any atom is -0.462 e. The smallest absolute Gasteiger partial charge is 0.309 e. The molecular formula is C11H20O2. The van der Waals surface area contributed by atoms with Crippen LogP contribution in [0.2, 0.25) is 0 Å². The standard InChI is InChI=1S/C11H20O2/c1-3-9(4-2)11(12)13-10-7-5-6-8-10/h9-10H,3-8H2,1-2H3. The van der Waals surface area contributed by atoms with Gasteiger partial charge < -0.3 is 4.74 Å². The van der Waals surface area contributed by atoms with Gasteiger partial charge in [-0.25, -0.2) is 0 Å². The second kappa shape index (κ2) is 5.25. The van der Waals surface area contributed by atoms with Crippen LogP contribution in [0.1, 0.15) is 52.4 Å². The second-order valence-corrected chi connectivity index (χ2v) is 3.86. The van der Waals surface area contributed by atoms with E-state index in [9.17, 15) is 4.79 Å². The first-order valence-electron chi connectivity index (χ1n) is 5.48. The topological polar surface area (TPSA) is 26.3 Å². The molecule has 1 aliphatic carbocycles. The lowest BCUT2D eigenvalue weighted by Gasteiger charge is -2.16. The molecule has 0 N–H and O–H groups in total. The summed E-state index contributed by atoms with van der Waals surface area (Å²) in [5.74, 6) is 0.150. The van der Waals surface area contributed by atoms with Crippen LogP contribution >= 0.6 is 0 Å². The predicted octanol–water partition coefficient (Wildman–Crippen LogP) is 2.91. The number of esters is 1. The maximum Gasteiger partial charge on any atom is 0.309 e. The molecule has 0 bridgehead atoms. The monoisotopic (exact) mass is 184 g/mol. The lowest BCUT2D eigenvalue weighted by Crippen LogP contribution is -2.21. The molecule has 2 nitrogen and oxygen atoms in total. The predicted molar refractivity (Wildman–Crippen MR) is 52.4 cm³/mol. The van der Waals surface area contributed by atoms with Crippen LogP contribution in [0.3, 0.4) is 0 Å². The number of hydrogen-bond acceptors (Lipinski definition) is 2. The van der Waals surface area contributed by atoms with Crippen molar-refractivity contribution in [1.29, 1.82) is 0 Å². The molecule has 0 spiro atoms. The van der Waals surface area contributed by atoms with Crippen molar-refractivity contribution in [3.63, 3.8) is 0 Å². The summed E-state index contributed by atoms with van der Waals surface area (Å²) in [6, 6.07) is 0. The summed E-state index contributed by atoms with van der Waals surface area (Å²) < 4.78 is 5.42. The summed E-state index contributed by atoms with van der Waals surface area (Å²) >= 11 is 0. The van der Waals surface area contributed by atoms with Crippen LogP contribution < -0.4 is 0 Å². The van der Waals surface area contributed by atoms with Gasteiger partial charge in [0.05, 0.1) is 5.92 Å². The van der Waals surface area contributed by atoms with Gasteiger partial charge in [-0.2, -0.15) is 0 Å². The number of rotatable bonds is 4. The average molecular weight is 184 g/mol. The van der Waals surface area contributed by atoms with Gasteiger partial charge in [0.15, 0.2) is 0 Å². The van der Waals surface area contributed by atoms with E-state index in [1.165, 1.54) is 12.8 Å². The highest BCUT2D eigenvalue weighted by Gasteiger charge is 2.22. The molecule has 1 fully saturated rings. The Morgan fingerprint density at radius 3 is 2.31 bits per heavy atom. The Labute approximate surface area is 80.7 Å². The molecule has 2 heteroatoms. The van der Waals surface area contributed by atoms with Crippen LogP contribution in [-0.2, 0) is 9.53 Å². The van der Waals surface area contributed by atoms with E-state index in [1.807, 2.05) is 13.8 Å². The molecule has 0 aliphatic heterocycles. The van der Waals surface area contributed by atoms with Crippen LogP contribution in [0.25, 0.3) is 0 Å². The van der Waals surface area contributed by atoms with Gasteiger partial charge in [-0.3, -0.25) is 4.79 Å². The fourth-order valence-corrected chi connectivity index (χ4v) is 1.89. The zero-order valence-corrected chi connectivity index (χ0v) is 8.71. The van der Waals surface area contributed by atoms with Crippen LogP contribution in [0.4, 0.5) is 0 Å². The molecule has 0 aromatic carbocycles. The van der Waals surface area contributed by atoms with Gasteiger partial charge in [0, 0.05) is 0 Å². The van der Waals surface area contributed by atoms with E-state index in [4.69, 9.17) is 4.74 Å². The molecule has 1 saturated carbocycles. The van der Waals surface area contributed by atoms with Crippen molar-refractivity contribution >= 4 is 5.97 Å². The minimum atomic E-state index is 0.0249. The third-order valence-corrected chi connectivity index (χ3v) is 2.90. The first kappa shape index (κ1) is 10.6. The van der Waals surface area contributed by atoms with E-state index in [1.54, 1.807) is 0 Å². The molecule has 76 valence electrons. The van der Waals surface area contributed by atoms with Gasteiger partial charge in [-0.05, 0) is 38.5 Å². The molecular weight excluding hydrogens is 164 g/mol. The Kier molecular flexibility index (Phi) is 4.26. The van der Waals surface area contributed by atoms with E-state index in [0.29, 0.717) is 0 Å². The fraction of sp³-hybridized carbons (Fsp3) is 0.909. The first-order valence-corrected chi connectivity index (χ1v) is 5.48. The number of hydrogen-bond donors (Lipinski definition) is 0. The SMILES string of the molecule is CCC(CC)C(=O)OC1CCCC1. The highest BCUT2D eigenvalue weighted by atomic mass is 16.5. The molecule has 1 aliphatic rings. The summed E-state index contributed by atoms with van der Waals surface area (Å²) in [5.41, 5.74) is 0. The molecule has 0 saturated heterocycles. The molecule has 0 radical (unpaired) electrons. The Bertz CT molecular complexity index is 155. The summed E-state index contributed by atoms with van der Waals surface area (Å²) in [4.78, 5) is 11.5. The summed E-state index contributed by atoms with van der Waals surface area (Å²) in [5, 5.41) is 0. The van der Waals surface area contributed by atoms with Gasteiger partial charge in [0.1, 0.15) is 6.10 Å². The first-order chi connectivity index (χ1) is 6.27. The Morgan fingerprint density at radius 2 is 1.85 bits per heavy atom. The zero-order chi connectivity index (χ0) is 9.68. The van der Waals surface area contributed by atoms with Crippen molar-refractivity contribution in [3.05, 3.63) is 0 Å². The normalized spacial score (nSPS) is 18.1. The van der Waals surface area contributed by atoms with Gasteiger partial charge in [0.2, 0.25) is 0 Å². The van der Waals surface area contributed by atoms with E-state index in [2.05, 4.69) is 0 Å². The van der Waals surface area contributed by atoms with Crippen molar-refractivity contribution in [2.45, 2.75) is 58.5 Å². The Hall–Kier alpha value is -0.530. The Balaban J connectivity index is 2.29. The van der Waals surface area contributed by atoms with Crippen LogP contribution in [0.5, 0.6) is 0 Å². The van der Waals surface area contributed by atoms with Crippen LogP contribution in [0.15, 0.2) is 0 Å². The van der Waals surface area contributed by atoms with E-state index < -0.39 is 0 Å². The third kappa shape index (κ3) is 3.02. The van der Waals surface area contributed by atoms with Crippen molar-refractivity contribution < 1.29 is 9.53 Å². The molecule has 0 amide bonds. The quantitative estimate of drug-likeness (QED) is 0.628. The van der Waals surface area contributed by atoms with E-state index in [0.717, 1.165) is 25.7 Å². The Morgan fingerprint density at radius 1 is 1.31 bits per heavy atom. The van der Waals surface area contributed by atoms with Gasteiger partial charge in [-0.15, -0.1) is 0 Å². The van der Waals surface area contributed by atoms with Crippen molar-refractivity contribution in [2.75, 3.05) is 0 Å².